The zero-order valence-corrected chi connectivity index (χ0v) is 18.2. The number of ether oxygens (including phenoxy) is 1. The quantitative estimate of drug-likeness (QED) is 0.423. The first-order chi connectivity index (χ1) is 15.5. The molecule has 2 heterocycles. The van der Waals surface area contributed by atoms with E-state index in [0.29, 0.717) is 28.3 Å². The Morgan fingerprint density at radius 3 is 2.28 bits per heavy atom. The summed E-state index contributed by atoms with van der Waals surface area (Å²) >= 11 is 3.42. The molecule has 2 N–H and O–H groups in total. The predicted octanol–water partition coefficient (Wildman–Crippen LogP) is 4.48. The molecule has 1 unspecified atom stereocenters. The number of rotatable bonds is 4. The molecule has 1 atom stereocenters. The van der Waals surface area contributed by atoms with Gasteiger partial charge in [0.2, 0.25) is 0 Å². The molecule has 0 radical (unpaired) electrons. The van der Waals surface area contributed by atoms with Crippen molar-refractivity contribution < 1.29 is 13.9 Å². The highest BCUT2D eigenvalue weighted by atomic mass is 79.9. The van der Waals surface area contributed by atoms with Crippen LogP contribution in [0.2, 0.25) is 0 Å². The smallest absolute Gasteiger partial charge is 0.255 e. The zero-order valence-electron chi connectivity index (χ0n) is 16.7. The third-order valence-electron chi connectivity index (χ3n) is 5.09. The van der Waals surface area contributed by atoms with Crippen LogP contribution in [0, 0.1) is 5.82 Å². The highest BCUT2D eigenvalue weighted by molar-refractivity contribution is 9.10. The molecule has 1 aliphatic heterocycles. The second kappa shape index (κ2) is 8.18. The minimum atomic E-state index is -0.796. The first-order valence-electron chi connectivity index (χ1n) is 9.78. The maximum absolute atomic E-state index is 13.5. The molecule has 0 saturated carbocycles. The Balaban J connectivity index is 1.64. The van der Waals surface area contributed by atoms with Gasteiger partial charge in [0.1, 0.15) is 23.8 Å². The molecule has 9 heteroatoms. The second-order valence-corrected chi connectivity index (χ2v) is 8.14. The molecular weight excluding hydrogens is 477 g/mol. The maximum atomic E-state index is 13.5. The van der Waals surface area contributed by atoms with E-state index in [0.717, 1.165) is 10.2 Å². The molecule has 1 amide bonds. The average Bonchev–Trinajstić information content (AvgIpc) is 3.39. The fourth-order valence-corrected chi connectivity index (χ4v) is 3.79. The molecule has 5 rings (SSSR count). The fraction of sp³-hybridized carbons (Fsp3) is 0.0870. The highest BCUT2D eigenvalue weighted by Gasteiger charge is 2.38. The number of nitrogens with zero attached hydrogens (tertiary/aromatic N) is 4. The van der Waals surface area contributed by atoms with Gasteiger partial charge >= 0.3 is 0 Å². The number of hydrogen-bond donors (Lipinski definition) is 1. The van der Waals surface area contributed by atoms with Gasteiger partial charge in [0, 0.05) is 21.4 Å². The van der Waals surface area contributed by atoms with Crippen molar-refractivity contribution in [3.05, 3.63) is 88.8 Å². The average molecular weight is 494 g/mol. The summed E-state index contributed by atoms with van der Waals surface area (Å²) in [7, 11) is 0. The molecule has 3 aromatic carbocycles. The Labute approximate surface area is 191 Å². The summed E-state index contributed by atoms with van der Waals surface area (Å²) in [5, 5.41) is 9.32. The molecule has 0 bridgehead atoms. The number of halogens is 2. The summed E-state index contributed by atoms with van der Waals surface area (Å²) in [6.45, 7) is -0.0942. The van der Waals surface area contributed by atoms with Crippen molar-refractivity contribution in [2.45, 2.75) is 6.23 Å². The topological polar surface area (TPSA) is 86.3 Å². The van der Waals surface area contributed by atoms with Gasteiger partial charge in [-0.3, -0.25) is 9.69 Å². The van der Waals surface area contributed by atoms with Crippen LogP contribution in [0.5, 0.6) is 0 Å². The van der Waals surface area contributed by atoms with E-state index in [4.69, 9.17) is 10.5 Å². The molecule has 0 spiro atoms. The number of carbonyl (C=O) groups is 1. The van der Waals surface area contributed by atoms with Crippen LogP contribution in [0.3, 0.4) is 0 Å². The molecule has 1 aliphatic rings. The van der Waals surface area contributed by atoms with Crippen molar-refractivity contribution >= 4 is 33.2 Å². The van der Waals surface area contributed by atoms with E-state index in [9.17, 15) is 9.18 Å². The van der Waals surface area contributed by atoms with Gasteiger partial charge in [0.25, 0.3) is 5.91 Å². The minimum absolute atomic E-state index is 0.0942. The predicted molar refractivity (Wildman–Crippen MR) is 121 cm³/mol. The second-order valence-electron chi connectivity index (χ2n) is 7.23. The zero-order chi connectivity index (χ0) is 22.2. The van der Waals surface area contributed by atoms with Crippen LogP contribution in [0.4, 0.5) is 15.8 Å². The Morgan fingerprint density at radius 1 is 0.938 bits per heavy atom. The number of carbonyl (C=O) groups excluding carboxylic acids is 1. The van der Waals surface area contributed by atoms with Crippen LogP contribution in [-0.2, 0) is 9.53 Å². The van der Waals surface area contributed by atoms with Crippen molar-refractivity contribution in [2.75, 3.05) is 17.2 Å². The van der Waals surface area contributed by atoms with E-state index in [2.05, 4.69) is 26.1 Å². The van der Waals surface area contributed by atoms with Crippen LogP contribution in [0.15, 0.2) is 77.3 Å². The number of benzene rings is 3. The van der Waals surface area contributed by atoms with Crippen molar-refractivity contribution in [3.63, 3.8) is 0 Å². The maximum Gasteiger partial charge on any atom is 0.255 e. The van der Waals surface area contributed by atoms with E-state index >= 15 is 0 Å². The standard InChI is InChI=1S/C23H17BrFN5O2/c24-15-3-9-19(10-4-15)30-27-21(14-1-5-16(25)6-2-14)22(28-30)23-29(20(31)13-32-23)18-11-7-17(26)8-12-18/h1-12,23H,13,26H2. The van der Waals surface area contributed by atoms with Gasteiger partial charge in [-0.2, -0.15) is 4.80 Å². The lowest BCUT2D eigenvalue weighted by Gasteiger charge is -2.22. The molecule has 1 aromatic heterocycles. The molecular formula is C23H17BrFN5O2. The van der Waals surface area contributed by atoms with Crippen LogP contribution in [0.25, 0.3) is 16.9 Å². The third kappa shape index (κ3) is 3.76. The molecule has 1 saturated heterocycles. The van der Waals surface area contributed by atoms with Gasteiger partial charge in [0.15, 0.2) is 6.23 Å². The Hall–Kier alpha value is -3.56. The number of nitrogens with two attached hydrogens (primary N) is 1. The van der Waals surface area contributed by atoms with Gasteiger partial charge in [0.05, 0.1) is 5.69 Å². The summed E-state index contributed by atoms with van der Waals surface area (Å²) in [4.78, 5) is 15.7. The molecule has 1 fully saturated rings. The van der Waals surface area contributed by atoms with Crippen molar-refractivity contribution in [2.24, 2.45) is 0 Å². The molecule has 0 aliphatic carbocycles. The number of aromatic nitrogens is 3. The summed E-state index contributed by atoms with van der Waals surface area (Å²) in [5.41, 5.74) is 9.35. The highest BCUT2D eigenvalue weighted by Crippen LogP contribution is 2.37. The molecule has 7 nitrogen and oxygen atoms in total. The van der Waals surface area contributed by atoms with E-state index in [1.165, 1.54) is 21.8 Å². The molecule has 32 heavy (non-hydrogen) atoms. The molecule has 4 aromatic rings. The lowest BCUT2D eigenvalue weighted by Crippen LogP contribution is -2.28. The Bertz CT molecular complexity index is 1270. The van der Waals surface area contributed by atoms with Gasteiger partial charge in [-0.25, -0.2) is 4.39 Å². The lowest BCUT2D eigenvalue weighted by molar-refractivity contribution is -0.117. The Kier molecular flexibility index (Phi) is 5.20. The normalized spacial score (nSPS) is 16.0. The first-order valence-corrected chi connectivity index (χ1v) is 10.6. The van der Waals surface area contributed by atoms with E-state index in [1.807, 2.05) is 24.3 Å². The summed E-state index contributed by atoms with van der Waals surface area (Å²) in [6, 6.07) is 20.4. The first kappa shape index (κ1) is 20.3. The third-order valence-corrected chi connectivity index (χ3v) is 5.62. The lowest BCUT2D eigenvalue weighted by atomic mass is 10.1. The SMILES string of the molecule is Nc1ccc(N2C(=O)COC2c2nn(-c3ccc(Br)cc3)nc2-c2ccc(F)cc2)cc1. The minimum Gasteiger partial charge on any atom is -0.399 e. The van der Waals surface area contributed by atoms with Crippen LogP contribution in [0.1, 0.15) is 11.9 Å². The number of nitrogen functional groups attached to an aromatic ring is 1. The number of amides is 1. The number of hydrogen-bond acceptors (Lipinski definition) is 5. The van der Waals surface area contributed by atoms with Crippen molar-refractivity contribution in [3.8, 4) is 16.9 Å². The van der Waals surface area contributed by atoms with Crippen LogP contribution >= 0.6 is 15.9 Å². The Morgan fingerprint density at radius 2 is 1.59 bits per heavy atom. The van der Waals surface area contributed by atoms with Gasteiger partial charge in [-0.1, -0.05) is 15.9 Å². The fourth-order valence-electron chi connectivity index (χ4n) is 3.53. The summed E-state index contributed by atoms with van der Waals surface area (Å²) < 4.78 is 20.3. The van der Waals surface area contributed by atoms with Crippen molar-refractivity contribution in [1.29, 1.82) is 0 Å². The van der Waals surface area contributed by atoms with Crippen LogP contribution in [-0.4, -0.2) is 27.5 Å². The van der Waals surface area contributed by atoms with Crippen molar-refractivity contribution in [1.82, 2.24) is 15.0 Å². The summed E-state index contributed by atoms with van der Waals surface area (Å²) in [6.07, 6.45) is -0.796. The largest absolute Gasteiger partial charge is 0.399 e. The monoisotopic (exact) mass is 493 g/mol. The number of anilines is 2. The van der Waals surface area contributed by atoms with Crippen LogP contribution < -0.4 is 10.6 Å². The molecule has 160 valence electrons. The summed E-state index contributed by atoms with van der Waals surface area (Å²) in [5.74, 6) is -0.561. The van der Waals surface area contributed by atoms with Gasteiger partial charge < -0.3 is 10.5 Å². The van der Waals surface area contributed by atoms with E-state index in [-0.39, 0.29) is 18.3 Å². The van der Waals surface area contributed by atoms with Gasteiger partial charge in [-0.15, -0.1) is 10.2 Å². The van der Waals surface area contributed by atoms with E-state index < -0.39 is 6.23 Å². The van der Waals surface area contributed by atoms with E-state index in [1.54, 1.807) is 36.4 Å². The van der Waals surface area contributed by atoms with Gasteiger partial charge in [-0.05, 0) is 72.8 Å².